The average molecular weight is 559 g/mol. The van der Waals surface area contributed by atoms with E-state index >= 15 is 0 Å². The molecule has 6 nitrogen and oxygen atoms in total. The number of anilines is 2. The number of piperazine rings is 1. The third-order valence-corrected chi connectivity index (χ3v) is 7.18. The van der Waals surface area contributed by atoms with E-state index in [4.69, 9.17) is 0 Å². The summed E-state index contributed by atoms with van der Waals surface area (Å²) in [7, 11) is 0. The minimum Gasteiger partial charge on any atom is -0.406 e. The van der Waals surface area contributed by atoms with Crippen LogP contribution in [0.5, 0.6) is 5.75 Å². The van der Waals surface area contributed by atoms with Crippen molar-refractivity contribution in [2.75, 3.05) is 49.5 Å². The molecular formula is C27H32F6N4O2. The van der Waals surface area contributed by atoms with E-state index in [1.54, 1.807) is 19.1 Å². The van der Waals surface area contributed by atoms with Gasteiger partial charge in [0.25, 0.3) is 0 Å². The van der Waals surface area contributed by atoms with Crippen LogP contribution in [0.2, 0.25) is 0 Å². The number of piperidine rings is 1. The van der Waals surface area contributed by atoms with E-state index in [1.165, 1.54) is 24.3 Å². The summed E-state index contributed by atoms with van der Waals surface area (Å²) in [4.78, 5) is 18.7. The van der Waals surface area contributed by atoms with Gasteiger partial charge in [-0.3, -0.25) is 14.6 Å². The second-order valence-corrected chi connectivity index (χ2v) is 9.98. The average Bonchev–Trinajstić information content (AvgIpc) is 2.88. The number of halogens is 6. The molecule has 1 N–H and O–H groups in total. The van der Waals surface area contributed by atoms with E-state index in [0.29, 0.717) is 38.3 Å². The van der Waals surface area contributed by atoms with Gasteiger partial charge in [-0.15, -0.1) is 13.2 Å². The highest BCUT2D eigenvalue weighted by molar-refractivity contribution is 5.76. The first-order chi connectivity index (χ1) is 18.4. The van der Waals surface area contributed by atoms with Gasteiger partial charge in [0.05, 0.1) is 11.7 Å². The lowest BCUT2D eigenvalue weighted by Crippen LogP contribution is -2.58. The number of carbonyl (C=O) groups excluding carboxylic acids is 1. The molecular weight excluding hydrogens is 526 g/mol. The van der Waals surface area contributed by atoms with Crippen LogP contribution in [0.4, 0.5) is 37.7 Å². The lowest BCUT2D eigenvalue weighted by Gasteiger charge is -2.46. The maximum Gasteiger partial charge on any atom is 0.573 e. The second-order valence-electron chi connectivity index (χ2n) is 9.98. The number of nitrogens with zero attached hydrogens (tertiary/aromatic N) is 3. The normalized spacial score (nSPS) is 19.1. The Bertz CT molecular complexity index is 1080. The summed E-state index contributed by atoms with van der Waals surface area (Å²) in [6.07, 6.45) is -7.15. The lowest BCUT2D eigenvalue weighted by molar-refractivity contribution is -0.274. The molecule has 12 heteroatoms. The van der Waals surface area contributed by atoms with Crippen LogP contribution >= 0.6 is 0 Å². The molecule has 0 amide bonds. The van der Waals surface area contributed by atoms with E-state index in [0.717, 1.165) is 43.8 Å². The number of nitrogens with one attached hydrogen (secondary N) is 1. The van der Waals surface area contributed by atoms with Gasteiger partial charge < -0.3 is 15.0 Å². The fourth-order valence-electron chi connectivity index (χ4n) is 5.22. The van der Waals surface area contributed by atoms with Crippen molar-refractivity contribution in [2.24, 2.45) is 0 Å². The van der Waals surface area contributed by atoms with Crippen LogP contribution in [-0.2, 0) is 11.0 Å². The second kappa shape index (κ2) is 12.0. The first-order valence-corrected chi connectivity index (χ1v) is 12.9. The van der Waals surface area contributed by atoms with Crippen LogP contribution in [-0.4, -0.2) is 73.4 Å². The number of benzene rings is 2. The van der Waals surface area contributed by atoms with Crippen LogP contribution in [0.1, 0.15) is 31.7 Å². The van der Waals surface area contributed by atoms with Gasteiger partial charge in [0, 0.05) is 63.1 Å². The van der Waals surface area contributed by atoms with Crippen molar-refractivity contribution in [1.29, 1.82) is 0 Å². The Morgan fingerprint density at radius 1 is 0.872 bits per heavy atom. The highest BCUT2D eigenvalue weighted by Crippen LogP contribution is 2.31. The number of alkyl halides is 6. The molecule has 2 saturated heterocycles. The molecule has 0 aliphatic carbocycles. The van der Waals surface area contributed by atoms with E-state index in [1.807, 2.05) is 0 Å². The van der Waals surface area contributed by atoms with E-state index in [9.17, 15) is 31.1 Å². The zero-order valence-corrected chi connectivity index (χ0v) is 21.6. The number of ketones is 1. The fraction of sp³-hybridized carbons (Fsp3) is 0.519. The van der Waals surface area contributed by atoms with Crippen LogP contribution in [0.15, 0.2) is 48.5 Å². The predicted octanol–water partition coefficient (Wildman–Crippen LogP) is 5.61. The minimum atomic E-state index is -4.73. The van der Waals surface area contributed by atoms with Crippen molar-refractivity contribution < 1.29 is 35.9 Å². The summed E-state index contributed by atoms with van der Waals surface area (Å²) in [5, 5.41) is 3.37. The number of likely N-dealkylation sites (tertiary alicyclic amines) is 1. The number of ether oxygens (including phenoxy) is 1. The topological polar surface area (TPSA) is 48.1 Å². The Morgan fingerprint density at radius 2 is 1.44 bits per heavy atom. The molecule has 39 heavy (non-hydrogen) atoms. The molecule has 1 atom stereocenters. The van der Waals surface area contributed by atoms with Crippen LogP contribution in [0.3, 0.4) is 0 Å². The molecule has 0 radical (unpaired) electrons. The maximum absolute atomic E-state index is 12.9. The fourth-order valence-corrected chi connectivity index (χ4v) is 5.22. The molecule has 0 saturated carbocycles. The van der Waals surface area contributed by atoms with E-state index in [2.05, 4.69) is 24.8 Å². The van der Waals surface area contributed by atoms with Gasteiger partial charge >= 0.3 is 12.5 Å². The third kappa shape index (κ3) is 8.25. The molecule has 2 aliphatic rings. The van der Waals surface area contributed by atoms with Gasteiger partial charge in [0.2, 0.25) is 0 Å². The van der Waals surface area contributed by atoms with Gasteiger partial charge in [0.15, 0.2) is 0 Å². The van der Waals surface area contributed by atoms with Crippen molar-refractivity contribution in [2.45, 2.75) is 50.9 Å². The molecule has 0 bridgehead atoms. The van der Waals surface area contributed by atoms with Gasteiger partial charge in [-0.05, 0) is 68.3 Å². The molecule has 2 aromatic carbocycles. The minimum absolute atomic E-state index is 0.0583. The summed E-state index contributed by atoms with van der Waals surface area (Å²) in [6, 6.07) is 11.0. The summed E-state index contributed by atoms with van der Waals surface area (Å²) in [5.41, 5.74) is 0.787. The number of hydrogen-bond acceptors (Lipinski definition) is 6. The Morgan fingerprint density at radius 3 is 1.95 bits per heavy atom. The highest BCUT2D eigenvalue weighted by Gasteiger charge is 2.34. The van der Waals surface area contributed by atoms with Crippen LogP contribution < -0.4 is 15.0 Å². The SMILES string of the molecule is CC(=O)CC(N1CCC(Nc2ccc(OC(F)(F)F)cc2)CC1)N1CCN(c2ccc(C(F)(F)F)cc2)CC1. The number of Topliss-reactive ketones (excluding diaryl/α,β-unsaturated/α-hetero) is 1. The van der Waals surface area contributed by atoms with Crippen molar-refractivity contribution in [3.8, 4) is 5.75 Å². The molecule has 2 aliphatic heterocycles. The Kier molecular flexibility index (Phi) is 8.95. The quantitative estimate of drug-likeness (QED) is 0.426. The van der Waals surface area contributed by atoms with Gasteiger partial charge in [-0.1, -0.05) is 0 Å². The Hall–Kier alpha value is -2.99. The van der Waals surface area contributed by atoms with Crippen LogP contribution in [0, 0.1) is 0 Å². The molecule has 214 valence electrons. The summed E-state index contributed by atoms with van der Waals surface area (Å²) in [6.45, 7) is 5.74. The maximum atomic E-state index is 12.9. The first-order valence-electron chi connectivity index (χ1n) is 12.9. The van der Waals surface area contributed by atoms with E-state index in [-0.39, 0.29) is 23.7 Å². The largest absolute Gasteiger partial charge is 0.573 e. The van der Waals surface area contributed by atoms with Gasteiger partial charge in [-0.2, -0.15) is 13.2 Å². The molecule has 0 spiro atoms. The van der Waals surface area contributed by atoms with E-state index < -0.39 is 18.1 Å². The monoisotopic (exact) mass is 558 g/mol. The Balaban J connectivity index is 1.29. The van der Waals surface area contributed by atoms with Crippen LogP contribution in [0.25, 0.3) is 0 Å². The molecule has 4 rings (SSSR count). The molecule has 2 heterocycles. The van der Waals surface area contributed by atoms with Crippen molar-refractivity contribution in [3.05, 3.63) is 54.1 Å². The lowest BCUT2D eigenvalue weighted by atomic mass is 10.0. The van der Waals surface area contributed by atoms with Gasteiger partial charge in [0.1, 0.15) is 11.5 Å². The first kappa shape index (κ1) is 29.0. The third-order valence-electron chi connectivity index (χ3n) is 7.18. The predicted molar refractivity (Wildman–Crippen MR) is 136 cm³/mol. The molecule has 0 aromatic heterocycles. The summed E-state index contributed by atoms with van der Waals surface area (Å²) in [5.74, 6) is -0.181. The van der Waals surface area contributed by atoms with Crippen molar-refractivity contribution >= 4 is 17.2 Å². The molecule has 2 aromatic rings. The standard InChI is InChI=1S/C27H32F6N4O2/c1-19(38)18-25(37-16-14-35(15-17-37)23-6-2-20(3-7-23)26(28,29)30)36-12-10-22(11-13-36)34-21-4-8-24(9-5-21)39-27(31,32)33/h2-9,22,25,34H,10-18H2,1H3. The zero-order chi connectivity index (χ0) is 28.2. The molecule has 2 fully saturated rings. The summed E-state index contributed by atoms with van der Waals surface area (Å²) >= 11 is 0. The summed E-state index contributed by atoms with van der Waals surface area (Å²) < 4.78 is 79.7. The number of rotatable bonds is 8. The molecule has 1 unspecified atom stereocenters. The van der Waals surface area contributed by atoms with Crippen molar-refractivity contribution in [3.63, 3.8) is 0 Å². The smallest absolute Gasteiger partial charge is 0.406 e. The number of carbonyl (C=O) groups is 1. The number of hydrogen-bond donors (Lipinski definition) is 1. The Labute approximate surface area is 223 Å². The highest BCUT2D eigenvalue weighted by atomic mass is 19.4. The van der Waals surface area contributed by atoms with Crippen molar-refractivity contribution in [1.82, 2.24) is 9.80 Å². The zero-order valence-electron chi connectivity index (χ0n) is 21.6. The van der Waals surface area contributed by atoms with Gasteiger partial charge in [-0.25, -0.2) is 0 Å².